The number of pyridine rings is 1. The minimum atomic E-state index is -0.366. The highest BCUT2D eigenvalue weighted by Crippen LogP contribution is 2.45. The molecule has 0 atom stereocenters. The molecule has 1 spiro atoms. The van der Waals surface area contributed by atoms with Gasteiger partial charge < -0.3 is 4.74 Å². The molecule has 1 fully saturated rings. The minimum absolute atomic E-state index is 0.257. The van der Waals surface area contributed by atoms with Crippen molar-refractivity contribution < 1.29 is 9.53 Å². The van der Waals surface area contributed by atoms with Gasteiger partial charge in [0.25, 0.3) is 0 Å². The van der Waals surface area contributed by atoms with Gasteiger partial charge in [-0.2, -0.15) is 0 Å². The van der Waals surface area contributed by atoms with Crippen molar-refractivity contribution in [1.82, 2.24) is 4.98 Å². The van der Waals surface area contributed by atoms with Gasteiger partial charge in [-0.05, 0) is 38.2 Å². The van der Waals surface area contributed by atoms with Gasteiger partial charge in [0.05, 0.1) is 0 Å². The van der Waals surface area contributed by atoms with E-state index in [0.717, 1.165) is 31.2 Å². The third-order valence-corrected chi connectivity index (χ3v) is 3.28. The Bertz CT molecular complexity index is 408. The van der Waals surface area contributed by atoms with Gasteiger partial charge in [0, 0.05) is 11.8 Å². The number of ether oxygens (including phenoxy) is 1. The largest absolute Gasteiger partial charge is 0.449 e. The fraction of sp³-hybridized carbons (Fsp3) is 0.417. The molecule has 1 radical (unpaired) electrons. The molecule has 0 unspecified atom stereocenters. The van der Waals surface area contributed by atoms with E-state index in [1.165, 1.54) is 0 Å². The van der Waals surface area contributed by atoms with Crippen molar-refractivity contribution in [3.05, 3.63) is 36.0 Å². The summed E-state index contributed by atoms with van der Waals surface area (Å²) in [5.74, 6) is -0.257. The van der Waals surface area contributed by atoms with Crippen molar-refractivity contribution in [3.63, 3.8) is 0 Å². The van der Waals surface area contributed by atoms with Crippen LogP contribution >= 0.6 is 0 Å². The van der Waals surface area contributed by atoms with E-state index in [1.54, 1.807) is 6.20 Å². The molecule has 3 heteroatoms. The summed E-state index contributed by atoms with van der Waals surface area (Å²) >= 11 is 0. The number of carbonyl (C=O) groups excluding carboxylic acids is 1. The second-order valence-corrected chi connectivity index (χ2v) is 4.15. The van der Waals surface area contributed by atoms with Crippen LogP contribution in [0.2, 0.25) is 0 Å². The highest BCUT2D eigenvalue weighted by Gasteiger charge is 2.46. The van der Waals surface area contributed by atoms with Crippen LogP contribution < -0.4 is 0 Å². The van der Waals surface area contributed by atoms with Gasteiger partial charge in [-0.3, -0.25) is 0 Å². The Kier molecular flexibility index (Phi) is 1.81. The highest BCUT2D eigenvalue weighted by molar-refractivity contribution is 5.92. The van der Waals surface area contributed by atoms with Gasteiger partial charge >= 0.3 is 5.97 Å². The van der Waals surface area contributed by atoms with Gasteiger partial charge in [0.15, 0.2) is 5.69 Å². The summed E-state index contributed by atoms with van der Waals surface area (Å²) < 4.78 is 5.54. The van der Waals surface area contributed by atoms with Gasteiger partial charge in [0.1, 0.15) is 5.60 Å². The number of nitrogens with zero attached hydrogens (tertiary/aromatic N) is 1. The second-order valence-electron chi connectivity index (χ2n) is 4.15. The van der Waals surface area contributed by atoms with Crippen molar-refractivity contribution in [1.29, 1.82) is 0 Å². The van der Waals surface area contributed by atoms with Crippen molar-refractivity contribution in [3.8, 4) is 0 Å². The zero-order chi connectivity index (χ0) is 10.3. The fourth-order valence-corrected chi connectivity index (χ4v) is 2.53. The average molecular weight is 202 g/mol. The van der Waals surface area contributed by atoms with Gasteiger partial charge in [-0.1, -0.05) is 6.07 Å². The Morgan fingerprint density at radius 1 is 1.33 bits per heavy atom. The van der Waals surface area contributed by atoms with E-state index in [9.17, 15) is 4.79 Å². The van der Waals surface area contributed by atoms with Crippen LogP contribution in [0.25, 0.3) is 0 Å². The monoisotopic (exact) mass is 202 g/mol. The molecule has 3 nitrogen and oxygen atoms in total. The van der Waals surface area contributed by atoms with E-state index in [4.69, 9.17) is 4.74 Å². The molecule has 15 heavy (non-hydrogen) atoms. The van der Waals surface area contributed by atoms with Crippen molar-refractivity contribution in [2.45, 2.75) is 31.3 Å². The molecular formula is C12H12NO2. The van der Waals surface area contributed by atoms with E-state index < -0.39 is 0 Å². The first-order valence-electron chi connectivity index (χ1n) is 5.32. The summed E-state index contributed by atoms with van der Waals surface area (Å²) in [6.07, 6.45) is 7.74. The topological polar surface area (TPSA) is 39.2 Å². The van der Waals surface area contributed by atoms with E-state index in [0.29, 0.717) is 5.69 Å². The molecule has 77 valence electrons. The summed E-state index contributed by atoms with van der Waals surface area (Å²) in [5.41, 5.74) is 1.14. The van der Waals surface area contributed by atoms with Crippen LogP contribution in [0.1, 0.15) is 41.7 Å². The number of rotatable bonds is 0. The number of esters is 1. The standard InChI is InChI=1S/C12H12NO2/c14-11-10-9(5-4-8-13-10)12(15-11)6-2-1-3-7-12/h1,4-5,8H,2-3,6-7H2. The quantitative estimate of drug-likeness (QED) is 0.605. The Morgan fingerprint density at radius 3 is 2.93 bits per heavy atom. The Morgan fingerprint density at radius 2 is 2.13 bits per heavy atom. The predicted molar refractivity (Wildman–Crippen MR) is 54.1 cm³/mol. The third-order valence-electron chi connectivity index (χ3n) is 3.28. The highest BCUT2D eigenvalue weighted by atomic mass is 16.6. The summed E-state index contributed by atoms with van der Waals surface area (Å²) in [4.78, 5) is 15.7. The number of aromatic nitrogens is 1. The molecule has 2 aliphatic rings. The fourth-order valence-electron chi connectivity index (χ4n) is 2.53. The van der Waals surface area contributed by atoms with E-state index in [1.807, 2.05) is 12.1 Å². The molecule has 0 saturated heterocycles. The van der Waals surface area contributed by atoms with Crippen molar-refractivity contribution in [2.24, 2.45) is 0 Å². The molecule has 3 rings (SSSR count). The zero-order valence-electron chi connectivity index (χ0n) is 8.40. The molecule has 0 aromatic carbocycles. The van der Waals surface area contributed by atoms with Crippen LogP contribution in [0.4, 0.5) is 0 Å². The first kappa shape index (κ1) is 8.89. The molecule has 1 aromatic rings. The van der Waals surface area contributed by atoms with Crippen molar-refractivity contribution in [2.75, 3.05) is 0 Å². The molecule has 1 aliphatic carbocycles. The molecule has 0 bridgehead atoms. The maximum atomic E-state index is 11.6. The van der Waals surface area contributed by atoms with Crippen LogP contribution in [-0.4, -0.2) is 11.0 Å². The summed E-state index contributed by atoms with van der Waals surface area (Å²) in [7, 11) is 0. The third kappa shape index (κ3) is 1.19. The molecule has 0 N–H and O–H groups in total. The molecule has 0 amide bonds. The van der Waals surface area contributed by atoms with Crippen LogP contribution in [0.15, 0.2) is 18.3 Å². The number of hydrogen-bond donors (Lipinski definition) is 0. The molecule has 1 aromatic heterocycles. The minimum Gasteiger partial charge on any atom is -0.449 e. The van der Waals surface area contributed by atoms with Gasteiger partial charge in [-0.15, -0.1) is 0 Å². The summed E-state index contributed by atoms with van der Waals surface area (Å²) in [6.45, 7) is 0. The van der Waals surface area contributed by atoms with E-state index >= 15 is 0 Å². The Labute approximate surface area is 88.5 Å². The number of carbonyl (C=O) groups is 1. The summed E-state index contributed by atoms with van der Waals surface area (Å²) in [5, 5.41) is 0. The lowest BCUT2D eigenvalue weighted by Gasteiger charge is -2.32. The maximum Gasteiger partial charge on any atom is 0.358 e. The molecule has 1 aliphatic heterocycles. The lowest BCUT2D eigenvalue weighted by Crippen LogP contribution is -2.29. The average Bonchev–Trinajstić information content (AvgIpc) is 2.55. The normalized spacial score (nSPS) is 22.5. The van der Waals surface area contributed by atoms with Gasteiger partial charge in [-0.25, -0.2) is 9.78 Å². The zero-order valence-corrected chi connectivity index (χ0v) is 8.40. The number of hydrogen-bond acceptors (Lipinski definition) is 3. The lowest BCUT2D eigenvalue weighted by molar-refractivity contribution is -0.0231. The molecule has 2 heterocycles. The Hall–Kier alpha value is -1.38. The first-order chi connectivity index (χ1) is 7.32. The van der Waals surface area contributed by atoms with Crippen LogP contribution in [0.5, 0.6) is 0 Å². The van der Waals surface area contributed by atoms with E-state index in [-0.39, 0.29) is 11.6 Å². The lowest BCUT2D eigenvalue weighted by atomic mass is 9.80. The molecular weight excluding hydrogens is 190 g/mol. The first-order valence-corrected chi connectivity index (χ1v) is 5.32. The predicted octanol–water partition coefficient (Wildman–Crippen LogP) is 2.23. The smallest absolute Gasteiger partial charge is 0.358 e. The maximum absolute atomic E-state index is 11.6. The van der Waals surface area contributed by atoms with Crippen LogP contribution in [-0.2, 0) is 10.3 Å². The van der Waals surface area contributed by atoms with Crippen LogP contribution in [0.3, 0.4) is 0 Å². The van der Waals surface area contributed by atoms with Crippen molar-refractivity contribution >= 4 is 5.97 Å². The van der Waals surface area contributed by atoms with Gasteiger partial charge in [0.2, 0.25) is 0 Å². The van der Waals surface area contributed by atoms with E-state index in [2.05, 4.69) is 11.4 Å². The SMILES string of the molecule is O=C1OC2(CC[CH]CC2)c2cccnc21. The summed E-state index contributed by atoms with van der Waals surface area (Å²) in [6, 6.07) is 3.85. The molecule has 1 saturated carbocycles. The Balaban J connectivity index is 2.10. The second kappa shape index (κ2) is 3.05. The van der Waals surface area contributed by atoms with Crippen LogP contribution in [0, 0.1) is 6.42 Å². The number of fused-ring (bicyclic) bond motifs is 2.